The second-order valence-electron chi connectivity index (χ2n) is 7.63. The summed E-state index contributed by atoms with van der Waals surface area (Å²) < 4.78 is 28.0. The van der Waals surface area contributed by atoms with Crippen LogP contribution < -0.4 is 0 Å². The summed E-state index contributed by atoms with van der Waals surface area (Å²) in [6, 6.07) is 13.4. The average molecular weight is 414 g/mol. The van der Waals surface area contributed by atoms with Crippen molar-refractivity contribution in [2.45, 2.75) is 22.6 Å². The first-order valence-electron chi connectivity index (χ1n) is 9.26. The van der Waals surface area contributed by atoms with Crippen molar-refractivity contribution in [1.82, 2.24) is 14.7 Å². The summed E-state index contributed by atoms with van der Waals surface area (Å²) in [5.41, 5.74) is 3.98. The van der Waals surface area contributed by atoms with Gasteiger partial charge in [0.05, 0.1) is 16.3 Å². The van der Waals surface area contributed by atoms with Gasteiger partial charge in [0.1, 0.15) is 0 Å². The first kappa shape index (κ1) is 17.9. The molecule has 0 radical (unpaired) electrons. The Kier molecular flexibility index (Phi) is 4.12. The third kappa shape index (κ3) is 2.79. The molecule has 7 heteroatoms. The van der Waals surface area contributed by atoms with Crippen LogP contribution >= 0.6 is 11.6 Å². The number of aryl methyl sites for hydroxylation is 1. The van der Waals surface area contributed by atoms with E-state index in [9.17, 15) is 8.42 Å². The van der Waals surface area contributed by atoms with Gasteiger partial charge in [-0.15, -0.1) is 0 Å². The Morgan fingerprint density at radius 1 is 1.14 bits per heavy atom. The van der Waals surface area contributed by atoms with Gasteiger partial charge in [-0.1, -0.05) is 35.9 Å². The maximum atomic E-state index is 13.1. The van der Waals surface area contributed by atoms with Crippen LogP contribution in [0.1, 0.15) is 17.0 Å². The van der Waals surface area contributed by atoms with Crippen LogP contribution in [0.2, 0.25) is 5.02 Å². The molecule has 0 unspecified atom stereocenters. The van der Waals surface area contributed by atoms with Gasteiger partial charge in [-0.3, -0.25) is 9.58 Å². The molecule has 5 nitrogen and oxygen atoms in total. The van der Waals surface area contributed by atoms with E-state index in [0.717, 1.165) is 33.8 Å². The third-order valence-corrected chi connectivity index (χ3v) is 8.47. The number of rotatable bonds is 3. The SMILES string of the molecule is Cn1cc(-c2ccc3c(c2)[C@H]2CN(Cc4ccccc4Cl)C[C@H]2S3(=O)=O)cn1. The Morgan fingerprint density at radius 2 is 1.96 bits per heavy atom. The number of benzene rings is 2. The van der Waals surface area contributed by atoms with Crippen molar-refractivity contribution in [3.63, 3.8) is 0 Å². The molecule has 1 aromatic heterocycles. The summed E-state index contributed by atoms with van der Waals surface area (Å²) in [5.74, 6) is -0.000825. The number of sulfone groups is 1. The summed E-state index contributed by atoms with van der Waals surface area (Å²) in [7, 11) is -1.43. The Hall–Kier alpha value is -2.15. The summed E-state index contributed by atoms with van der Waals surface area (Å²) in [5, 5.41) is 4.57. The molecule has 2 aliphatic heterocycles. The van der Waals surface area contributed by atoms with Gasteiger partial charge in [0.25, 0.3) is 0 Å². The van der Waals surface area contributed by atoms with Crippen molar-refractivity contribution in [3.05, 3.63) is 71.0 Å². The normalized spacial score (nSPS) is 22.9. The topological polar surface area (TPSA) is 55.2 Å². The molecule has 5 rings (SSSR count). The molecule has 1 saturated heterocycles. The lowest BCUT2D eigenvalue weighted by atomic mass is 9.95. The molecule has 0 bridgehead atoms. The smallest absolute Gasteiger partial charge is 0.183 e. The molecule has 2 atom stereocenters. The first-order valence-corrected chi connectivity index (χ1v) is 11.2. The molecule has 0 aliphatic carbocycles. The predicted molar refractivity (Wildman–Crippen MR) is 109 cm³/mol. The zero-order valence-electron chi connectivity index (χ0n) is 15.4. The van der Waals surface area contributed by atoms with Crippen LogP contribution in [-0.4, -0.2) is 41.4 Å². The van der Waals surface area contributed by atoms with Crippen LogP contribution in [0.15, 0.2) is 59.8 Å². The van der Waals surface area contributed by atoms with Gasteiger partial charge in [0.15, 0.2) is 9.84 Å². The van der Waals surface area contributed by atoms with E-state index in [1.807, 2.05) is 49.6 Å². The summed E-state index contributed by atoms with van der Waals surface area (Å²) in [4.78, 5) is 2.70. The summed E-state index contributed by atoms with van der Waals surface area (Å²) in [6.45, 7) is 1.92. The Balaban J connectivity index is 1.48. The summed E-state index contributed by atoms with van der Waals surface area (Å²) in [6.07, 6.45) is 3.75. The fourth-order valence-corrected chi connectivity index (χ4v) is 6.86. The minimum absolute atomic E-state index is 0.000825. The molecule has 1 fully saturated rings. The summed E-state index contributed by atoms with van der Waals surface area (Å²) >= 11 is 6.30. The Labute approximate surface area is 169 Å². The highest BCUT2D eigenvalue weighted by atomic mass is 35.5. The van der Waals surface area contributed by atoms with Gasteiger partial charge in [-0.25, -0.2) is 8.42 Å². The van der Waals surface area contributed by atoms with Crippen molar-refractivity contribution in [2.24, 2.45) is 7.05 Å². The molecule has 0 spiro atoms. The van der Waals surface area contributed by atoms with Gasteiger partial charge in [-0.2, -0.15) is 5.10 Å². The van der Waals surface area contributed by atoms with Gasteiger partial charge >= 0.3 is 0 Å². The average Bonchev–Trinajstić information content (AvgIpc) is 3.34. The van der Waals surface area contributed by atoms with Crippen molar-refractivity contribution in [2.75, 3.05) is 13.1 Å². The molecule has 3 heterocycles. The first-order chi connectivity index (χ1) is 13.4. The van der Waals surface area contributed by atoms with E-state index < -0.39 is 9.84 Å². The predicted octanol–water partition coefficient (Wildman–Crippen LogP) is 3.50. The van der Waals surface area contributed by atoms with E-state index >= 15 is 0 Å². The van der Waals surface area contributed by atoms with Gasteiger partial charge in [0.2, 0.25) is 0 Å². The molecule has 144 valence electrons. The van der Waals surface area contributed by atoms with Crippen LogP contribution in [0.3, 0.4) is 0 Å². The molecular formula is C21H20ClN3O2S. The highest BCUT2D eigenvalue weighted by Crippen LogP contribution is 2.46. The molecule has 0 saturated carbocycles. The van der Waals surface area contributed by atoms with E-state index in [2.05, 4.69) is 10.00 Å². The van der Waals surface area contributed by atoms with Crippen molar-refractivity contribution in [3.8, 4) is 11.1 Å². The second kappa shape index (κ2) is 6.44. The Morgan fingerprint density at radius 3 is 2.71 bits per heavy atom. The Bertz CT molecular complexity index is 1170. The molecule has 28 heavy (non-hydrogen) atoms. The monoisotopic (exact) mass is 413 g/mol. The number of aromatic nitrogens is 2. The zero-order valence-corrected chi connectivity index (χ0v) is 17.0. The maximum absolute atomic E-state index is 13.1. The van der Waals surface area contributed by atoms with Crippen LogP contribution in [0.4, 0.5) is 0 Å². The van der Waals surface area contributed by atoms with Crippen molar-refractivity contribution < 1.29 is 8.42 Å². The molecule has 0 amide bonds. The highest BCUT2D eigenvalue weighted by Gasteiger charge is 2.50. The molecule has 2 aliphatic rings. The number of hydrogen-bond donors (Lipinski definition) is 0. The number of fused-ring (bicyclic) bond motifs is 3. The number of halogens is 1. The fraction of sp³-hybridized carbons (Fsp3) is 0.286. The number of hydrogen-bond acceptors (Lipinski definition) is 4. The van der Waals surface area contributed by atoms with Crippen LogP contribution in [0.25, 0.3) is 11.1 Å². The van der Waals surface area contributed by atoms with Gasteiger partial charge in [-0.05, 0) is 34.9 Å². The van der Waals surface area contributed by atoms with E-state index in [0.29, 0.717) is 18.0 Å². The minimum atomic E-state index is -3.31. The largest absolute Gasteiger partial charge is 0.297 e. The van der Waals surface area contributed by atoms with Gasteiger partial charge in [0, 0.05) is 49.4 Å². The zero-order chi connectivity index (χ0) is 19.5. The minimum Gasteiger partial charge on any atom is -0.297 e. The van der Waals surface area contributed by atoms with Crippen LogP contribution in [0.5, 0.6) is 0 Å². The lowest BCUT2D eigenvalue weighted by molar-refractivity contribution is 0.325. The molecular weight excluding hydrogens is 394 g/mol. The van der Waals surface area contributed by atoms with E-state index in [1.165, 1.54) is 0 Å². The van der Waals surface area contributed by atoms with E-state index in [4.69, 9.17) is 11.6 Å². The lowest BCUT2D eigenvalue weighted by Crippen LogP contribution is -2.26. The van der Waals surface area contributed by atoms with E-state index in [1.54, 1.807) is 16.9 Å². The van der Waals surface area contributed by atoms with Gasteiger partial charge < -0.3 is 0 Å². The molecule has 3 aromatic rings. The highest BCUT2D eigenvalue weighted by molar-refractivity contribution is 7.92. The van der Waals surface area contributed by atoms with Crippen molar-refractivity contribution in [1.29, 1.82) is 0 Å². The lowest BCUT2D eigenvalue weighted by Gasteiger charge is -2.18. The molecule has 2 aromatic carbocycles. The van der Waals surface area contributed by atoms with E-state index in [-0.39, 0.29) is 11.2 Å². The third-order valence-electron chi connectivity index (χ3n) is 5.85. The quantitative estimate of drug-likeness (QED) is 0.659. The fourth-order valence-electron chi connectivity index (χ4n) is 4.47. The van der Waals surface area contributed by atoms with Crippen molar-refractivity contribution >= 4 is 21.4 Å². The van der Waals surface area contributed by atoms with Crippen LogP contribution in [0, 0.1) is 0 Å². The number of nitrogens with zero attached hydrogens (tertiary/aromatic N) is 3. The van der Waals surface area contributed by atoms with Crippen LogP contribution in [-0.2, 0) is 23.4 Å². The number of likely N-dealkylation sites (tertiary alicyclic amines) is 1. The second-order valence-corrected chi connectivity index (χ2v) is 10.2. The molecule has 0 N–H and O–H groups in total. The standard InChI is InChI=1S/C21H20ClN3O2S/c1-24-10-16(9-23-24)14-6-7-20-17(8-14)18-12-25(13-21(18)28(20,26)27)11-15-4-2-3-5-19(15)22/h2-10,18,21H,11-13H2,1H3/t18-,21-/m1/s1. The maximum Gasteiger partial charge on any atom is 0.183 e.